The standard InChI is InChI=1S/C32H42N2O4/c1-37-28-11-5-8-24(21-28)7-3-4-19-34-20-17-25(27(23-34)12-15-32(35)36)9-6-10-26-16-18-33-31-14-13-29(38-2)22-30(26)31/h5,8,11,13-14,16,18,21-22,25,27H,3-4,6-7,9-10,12,15,17,19-20,23H2,1-2H3,(H,35,36)/t25-,27+/m1/s1. The quantitative estimate of drug-likeness (QED) is 0.249. The number of unbranched alkanes of at least 4 members (excludes halogenated alkanes) is 1. The third-order valence-corrected chi connectivity index (χ3v) is 8.09. The van der Waals surface area contributed by atoms with Crippen molar-refractivity contribution in [3.05, 3.63) is 65.9 Å². The Bertz CT molecular complexity index is 1180. The van der Waals surface area contributed by atoms with Crippen LogP contribution >= 0.6 is 0 Å². The van der Waals surface area contributed by atoms with Gasteiger partial charge < -0.3 is 19.5 Å². The zero-order chi connectivity index (χ0) is 26.7. The van der Waals surface area contributed by atoms with Gasteiger partial charge in [-0.25, -0.2) is 0 Å². The van der Waals surface area contributed by atoms with Gasteiger partial charge in [-0.15, -0.1) is 0 Å². The number of methoxy groups -OCH3 is 2. The molecule has 0 aliphatic carbocycles. The maximum absolute atomic E-state index is 11.4. The zero-order valence-electron chi connectivity index (χ0n) is 22.9. The van der Waals surface area contributed by atoms with Crippen LogP contribution in [0.25, 0.3) is 10.9 Å². The molecule has 0 amide bonds. The molecule has 1 N–H and O–H groups in total. The molecule has 1 aliphatic rings. The number of pyridine rings is 1. The summed E-state index contributed by atoms with van der Waals surface area (Å²) in [6.45, 7) is 3.22. The number of rotatable bonds is 14. The third kappa shape index (κ3) is 7.94. The summed E-state index contributed by atoms with van der Waals surface area (Å²) in [6, 6.07) is 16.5. The second-order valence-electron chi connectivity index (χ2n) is 10.6. The molecular formula is C32H42N2O4. The molecule has 0 saturated carbocycles. The highest BCUT2D eigenvalue weighted by molar-refractivity contribution is 5.83. The summed E-state index contributed by atoms with van der Waals surface area (Å²) >= 11 is 0. The van der Waals surface area contributed by atoms with E-state index in [1.54, 1.807) is 14.2 Å². The summed E-state index contributed by atoms with van der Waals surface area (Å²) in [7, 11) is 3.41. The van der Waals surface area contributed by atoms with Crippen LogP contribution in [0.5, 0.6) is 11.5 Å². The molecule has 1 aromatic heterocycles. The van der Waals surface area contributed by atoms with Crippen molar-refractivity contribution in [3.63, 3.8) is 0 Å². The van der Waals surface area contributed by atoms with Crippen molar-refractivity contribution in [2.45, 2.75) is 57.8 Å². The predicted molar refractivity (Wildman–Crippen MR) is 152 cm³/mol. The summed E-state index contributed by atoms with van der Waals surface area (Å²) in [5.74, 6) is 2.13. The molecule has 2 aromatic carbocycles. The second-order valence-corrected chi connectivity index (χ2v) is 10.6. The molecule has 6 heteroatoms. The van der Waals surface area contributed by atoms with Crippen LogP contribution in [0.4, 0.5) is 0 Å². The van der Waals surface area contributed by atoms with E-state index in [4.69, 9.17) is 9.47 Å². The van der Waals surface area contributed by atoms with Crippen molar-refractivity contribution in [3.8, 4) is 11.5 Å². The fraction of sp³-hybridized carbons (Fsp3) is 0.500. The van der Waals surface area contributed by atoms with Gasteiger partial charge in [-0.2, -0.15) is 0 Å². The van der Waals surface area contributed by atoms with Gasteiger partial charge in [-0.05, 0) is 124 Å². The van der Waals surface area contributed by atoms with E-state index in [0.717, 1.165) is 93.4 Å². The lowest BCUT2D eigenvalue weighted by Gasteiger charge is -2.39. The Labute approximate surface area is 227 Å². The summed E-state index contributed by atoms with van der Waals surface area (Å²) in [4.78, 5) is 18.4. The van der Waals surface area contributed by atoms with Crippen molar-refractivity contribution >= 4 is 16.9 Å². The first-order valence-corrected chi connectivity index (χ1v) is 14.0. The first-order chi connectivity index (χ1) is 18.6. The van der Waals surface area contributed by atoms with E-state index < -0.39 is 5.97 Å². The Morgan fingerprint density at radius 2 is 1.82 bits per heavy atom. The van der Waals surface area contributed by atoms with Crippen LogP contribution in [0.15, 0.2) is 54.7 Å². The van der Waals surface area contributed by atoms with E-state index in [1.165, 1.54) is 11.1 Å². The lowest BCUT2D eigenvalue weighted by Crippen LogP contribution is -2.41. The Morgan fingerprint density at radius 3 is 2.63 bits per heavy atom. The SMILES string of the molecule is COc1cccc(CCCCN2CC[C@@H](CCCc3ccnc4ccc(OC)cc34)[C@@H](CCC(=O)O)C2)c1. The third-order valence-electron chi connectivity index (χ3n) is 8.09. The van der Waals surface area contributed by atoms with Crippen molar-refractivity contribution < 1.29 is 19.4 Å². The van der Waals surface area contributed by atoms with Gasteiger partial charge in [0.25, 0.3) is 0 Å². The summed E-state index contributed by atoms with van der Waals surface area (Å²) in [5, 5.41) is 10.5. The minimum Gasteiger partial charge on any atom is -0.497 e. The Morgan fingerprint density at radius 1 is 0.974 bits per heavy atom. The average molecular weight is 519 g/mol. The topological polar surface area (TPSA) is 71.9 Å². The molecule has 0 spiro atoms. The van der Waals surface area contributed by atoms with Crippen LogP contribution in [0.3, 0.4) is 0 Å². The van der Waals surface area contributed by atoms with Crippen LogP contribution in [0.1, 0.15) is 56.1 Å². The number of hydrogen-bond acceptors (Lipinski definition) is 5. The van der Waals surface area contributed by atoms with E-state index in [-0.39, 0.29) is 6.42 Å². The molecule has 0 unspecified atom stereocenters. The number of fused-ring (bicyclic) bond motifs is 1. The molecule has 0 bridgehead atoms. The van der Waals surface area contributed by atoms with Gasteiger partial charge in [-0.3, -0.25) is 9.78 Å². The normalized spacial score (nSPS) is 17.9. The second kappa shape index (κ2) is 14.1. The molecule has 0 radical (unpaired) electrons. The number of carboxylic acid groups (broad SMARTS) is 1. The van der Waals surface area contributed by atoms with E-state index in [1.807, 2.05) is 24.4 Å². The largest absolute Gasteiger partial charge is 0.497 e. The Hall–Kier alpha value is -3.12. The number of aliphatic carboxylic acids is 1. The number of carbonyl (C=O) groups is 1. The van der Waals surface area contributed by atoms with Gasteiger partial charge in [0.05, 0.1) is 19.7 Å². The van der Waals surface area contributed by atoms with Gasteiger partial charge >= 0.3 is 5.97 Å². The fourth-order valence-electron chi connectivity index (χ4n) is 5.95. The molecule has 1 aliphatic heterocycles. The maximum atomic E-state index is 11.4. The van der Waals surface area contributed by atoms with Crippen LogP contribution in [0.2, 0.25) is 0 Å². The average Bonchev–Trinajstić information content (AvgIpc) is 2.95. The zero-order valence-corrected chi connectivity index (χ0v) is 22.9. The predicted octanol–water partition coefficient (Wildman–Crippen LogP) is 6.40. The Balaban J connectivity index is 1.27. The highest BCUT2D eigenvalue weighted by Gasteiger charge is 2.29. The monoisotopic (exact) mass is 518 g/mol. The van der Waals surface area contributed by atoms with Gasteiger partial charge in [0, 0.05) is 24.5 Å². The van der Waals surface area contributed by atoms with Crippen LogP contribution < -0.4 is 9.47 Å². The van der Waals surface area contributed by atoms with Gasteiger partial charge in [-0.1, -0.05) is 12.1 Å². The van der Waals surface area contributed by atoms with E-state index in [2.05, 4.69) is 40.2 Å². The van der Waals surface area contributed by atoms with Crippen LogP contribution in [-0.2, 0) is 17.6 Å². The lowest BCUT2D eigenvalue weighted by atomic mass is 9.79. The molecule has 2 heterocycles. The van der Waals surface area contributed by atoms with E-state index in [0.29, 0.717) is 11.8 Å². The highest BCUT2D eigenvalue weighted by atomic mass is 16.5. The van der Waals surface area contributed by atoms with Crippen LogP contribution in [0, 0.1) is 11.8 Å². The summed E-state index contributed by atoms with van der Waals surface area (Å²) < 4.78 is 10.8. The Kier molecular flexibility index (Phi) is 10.4. The number of aryl methyl sites for hydroxylation is 2. The fourth-order valence-corrected chi connectivity index (χ4v) is 5.95. The van der Waals surface area contributed by atoms with Gasteiger partial charge in [0.2, 0.25) is 0 Å². The summed E-state index contributed by atoms with van der Waals surface area (Å²) in [6.07, 6.45) is 10.7. The van der Waals surface area contributed by atoms with Crippen LogP contribution in [-0.4, -0.2) is 54.8 Å². The number of aromatic nitrogens is 1. The van der Waals surface area contributed by atoms with Crippen molar-refractivity contribution in [1.82, 2.24) is 9.88 Å². The van der Waals surface area contributed by atoms with E-state index in [9.17, 15) is 9.90 Å². The van der Waals surface area contributed by atoms with E-state index >= 15 is 0 Å². The first kappa shape index (κ1) is 27.9. The summed E-state index contributed by atoms with van der Waals surface area (Å²) in [5.41, 5.74) is 3.63. The number of benzene rings is 2. The van der Waals surface area contributed by atoms with Crippen molar-refractivity contribution in [2.75, 3.05) is 33.9 Å². The minimum atomic E-state index is -0.684. The van der Waals surface area contributed by atoms with Crippen molar-refractivity contribution in [1.29, 1.82) is 0 Å². The number of carboxylic acids is 1. The molecule has 2 atom stereocenters. The molecule has 204 valence electrons. The van der Waals surface area contributed by atoms with Gasteiger partial charge in [0.15, 0.2) is 0 Å². The molecule has 38 heavy (non-hydrogen) atoms. The number of ether oxygens (including phenoxy) is 2. The molecule has 6 nitrogen and oxygen atoms in total. The minimum absolute atomic E-state index is 0.264. The number of likely N-dealkylation sites (tertiary alicyclic amines) is 1. The number of piperidine rings is 1. The van der Waals surface area contributed by atoms with Crippen molar-refractivity contribution in [2.24, 2.45) is 11.8 Å². The number of nitrogens with zero attached hydrogens (tertiary/aromatic N) is 2. The van der Waals surface area contributed by atoms with Gasteiger partial charge in [0.1, 0.15) is 11.5 Å². The molecule has 3 aromatic rings. The molecule has 1 fully saturated rings. The molecule has 4 rings (SSSR count). The highest BCUT2D eigenvalue weighted by Crippen LogP contribution is 2.32. The lowest BCUT2D eigenvalue weighted by molar-refractivity contribution is -0.137. The number of hydrogen-bond donors (Lipinski definition) is 1. The molecule has 1 saturated heterocycles. The smallest absolute Gasteiger partial charge is 0.303 e. The maximum Gasteiger partial charge on any atom is 0.303 e. The molecular weight excluding hydrogens is 476 g/mol. The first-order valence-electron chi connectivity index (χ1n) is 14.0.